The molecule has 2 amide bonds. The molecule has 1 aromatic rings. The van der Waals surface area contributed by atoms with Gasteiger partial charge in [-0.2, -0.15) is 0 Å². The quantitative estimate of drug-likeness (QED) is 0.823. The fourth-order valence-corrected chi connectivity index (χ4v) is 4.62. The van der Waals surface area contributed by atoms with Crippen LogP contribution in [0.2, 0.25) is 5.02 Å². The second kappa shape index (κ2) is 7.75. The standard InChI is InChI=1S/C19H24ClN3O2.ClH/c20-14-4-1-2-6-16(14)23-11-3-5-15(18(23)25)22-17(24)13-12-19(13)7-9-21-10-8-19;/h1-2,4,6,13,15,21H,3,5,7-12H2,(H,22,24);1H. The maximum atomic E-state index is 12.9. The van der Waals surface area contributed by atoms with Crippen LogP contribution in [0.25, 0.3) is 0 Å². The van der Waals surface area contributed by atoms with Gasteiger partial charge in [-0.1, -0.05) is 23.7 Å². The first-order chi connectivity index (χ1) is 12.1. The fraction of sp³-hybridized carbons (Fsp3) is 0.579. The Hall–Kier alpha value is -1.30. The van der Waals surface area contributed by atoms with Gasteiger partial charge in [0.15, 0.2) is 0 Å². The maximum absolute atomic E-state index is 12.9. The number of anilines is 1. The zero-order valence-corrected chi connectivity index (χ0v) is 16.2. The highest BCUT2D eigenvalue weighted by atomic mass is 35.5. The number of halogens is 2. The molecule has 1 aromatic carbocycles. The van der Waals surface area contributed by atoms with Gasteiger partial charge in [-0.3, -0.25) is 9.59 Å². The highest BCUT2D eigenvalue weighted by Crippen LogP contribution is 2.58. The molecule has 1 aliphatic carbocycles. The third kappa shape index (κ3) is 3.57. The number of rotatable bonds is 3. The molecule has 26 heavy (non-hydrogen) atoms. The normalized spacial score (nSPS) is 27.0. The second-order valence-electron chi connectivity index (χ2n) is 7.51. The van der Waals surface area contributed by atoms with Crippen LogP contribution in [-0.4, -0.2) is 37.5 Å². The largest absolute Gasteiger partial charge is 0.344 e. The Kier molecular flexibility index (Phi) is 5.80. The first kappa shape index (κ1) is 19.5. The van der Waals surface area contributed by atoms with Crippen molar-refractivity contribution in [3.8, 4) is 0 Å². The molecule has 2 unspecified atom stereocenters. The zero-order valence-electron chi connectivity index (χ0n) is 14.7. The van der Waals surface area contributed by atoms with Crippen molar-refractivity contribution < 1.29 is 9.59 Å². The summed E-state index contributed by atoms with van der Waals surface area (Å²) in [5.74, 6) is 0.0899. The first-order valence-corrected chi connectivity index (χ1v) is 9.55. The van der Waals surface area contributed by atoms with Crippen LogP contribution in [0.5, 0.6) is 0 Å². The van der Waals surface area contributed by atoms with E-state index < -0.39 is 6.04 Å². The Labute approximate surface area is 165 Å². The molecule has 142 valence electrons. The Morgan fingerprint density at radius 1 is 1.27 bits per heavy atom. The molecule has 5 nitrogen and oxygen atoms in total. The summed E-state index contributed by atoms with van der Waals surface area (Å²) in [7, 11) is 0. The molecule has 7 heteroatoms. The van der Waals surface area contributed by atoms with Crippen molar-refractivity contribution in [2.45, 2.75) is 38.1 Å². The van der Waals surface area contributed by atoms with E-state index in [1.807, 2.05) is 18.2 Å². The SMILES string of the molecule is Cl.O=C(NC1CCCN(c2ccccc2Cl)C1=O)C1CC12CCNCC2. The minimum Gasteiger partial charge on any atom is -0.344 e. The molecule has 2 aliphatic heterocycles. The number of hydrogen-bond acceptors (Lipinski definition) is 3. The number of benzene rings is 1. The number of para-hydroxylation sites is 1. The Bertz CT molecular complexity index is 691. The monoisotopic (exact) mass is 397 g/mol. The molecule has 3 aliphatic rings. The molecule has 3 fully saturated rings. The number of piperidine rings is 2. The van der Waals surface area contributed by atoms with E-state index in [9.17, 15) is 9.59 Å². The van der Waals surface area contributed by atoms with Crippen LogP contribution < -0.4 is 15.5 Å². The van der Waals surface area contributed by atoms with Gasteiger partial charge in [0.1, 0.15) is 6.04 Å². The summed E-state index contributed by atoms with van der Waals surface area (Å²) in [6.45, 7) is 2.63. The van der Waals surface area contributed by atoms with Crippen molar-refractivity contribution >= 4 is 41.5 Å². The summed E-state index contributed by atoms with van der Waals surface area (Å²) >= 11 is 6.25. The minimum atomic E-state index is -0.433. The number of hydrogen-bond donors (Lipinski definition) is 2. The Balaban J connectivity index is 0.00000196. The molecular formula is C19H25Cl2N3O2. The average Bonchev–Trinajstić information content (AvgIpc) is 3.31. The van der Waals surface area contributed by atoms with Crippen LogP contribution in [0.4, 0.5) is 5.69 Å². The molecule has 2 saturated heterocycles. The number of nitrogens with zero attached hydrogens (tertiary/aromatic N) is 1. The second-order valence-corrected chi connectivity index (χ2v) is 7.92. The number of carbonyl (C=O) groups is 2. The third-order valence-electron chi connectivity index (χ3n) is 6.00. The first-order valence-electron chi connectivity index (χ1n) is 9.18. The van der Waals surface area contributed by atoms with Crippen molar-refractivity contribution in [1.29, 1.82) is 0 Å². The van der Waals surface area contributed by atoms with Crippen molar-refractivity contribution in [2.75, 3.05) is 24.5 Å². The van der Waals surface area contributed by atoms with Gasteiger partial charge in [-0.05, 0) is 62.7 Å². The van der Waals surface area contributed by atoms with Gasteiger partial charge in [0.05, 0.1) is 10.7 Å². The van der Waals surface area contributed by atoms with Crippen LogP contribution in [0.1, 0.15) is 32.1 Å². The summed E-state index contributed by atoms with van der Waals surface area (Å²) in [5, 5.41) is 6.95. The Morgan fingerprint density at radius 2 is 2.00 bits per heavy atom. The summed E-state index contributed by atoms with van der Waals surface area (Å²) in [4.78, 5) is 27.3. The molecule has 0 radical (unpaired) electrons. The smallest absolute Gasteiger partial charge is 0.249 e. The van der Waals surface area contributed by atoms with E-state index in [1.165, 1.54) is 0 Å². The molecule has 1 spiro atoms. The van der Waals surface area contributed by atoms with Gasteiger partial charge in [0.2, 0.25) is 11.8 Å². The van der Waals surface area contributed by atoms with Gasteiger partial charge in [0.25, 0.3) is 0 Å². The summed E-state index contributed by atoms with van der Waals surface area (Å²) in [6.07, 6.45) is 4.66. The van der Waals surface area contributed by atoms with E-state index in [-0.39, 0.29) is 35.6 Å². The lowest BCUT2D eigenvalue weighted by Crippen LogP contribution is -2.53. The van der Waals surface area contributed by atoms with Gasteiger partial charge < -0.3 is 15.5 Å². The van der Waals surface area contributed by atoms with Gasteiger partial charge in [-0.15, -0.1) is 12.4 Å². The molecule has 2 atom stereocenters. The summed E-state index contributed by atoms with van der Waals surface area (Å²) in [6, 6.07) is 6.94. The van der Waals surface area contributed by atoms with E-state index in [2.05, 4.69) is 10.6 Å². The lowest BCUT2D eigenvalue weighted by molar-refractivity contribution is -0.129. The number of nitrogens with one attached hydrogen (secondary N) is 2. The fourth-order valence-electron chi connectivity index (χ4n) is 4.39. The van der Waals surface area contributed by atoms with Crippen molar-refractivity contribution in [3.05, 3.63) is 29.3 Å². The van der Waals surface area contributed by atoms with Gasteiger partial charge >= 0.3 is 0 Å². The predicted octanol–water partition coefficient (Wildman–Crippen LogP) is 2.76. The molecule has 0 bridgehead atoms. The van der Waals surface area contributed by atoms with Crippen LogP contribution in [0.3, 0.4) is 0 Å². The molecule has 1 saturated carbocycles. The van der Waals surface area contributed by atoms with Gasteiger partial charge in [0, 0.05) is 12.5 Å². The zero-order chi connectivity index (χ0) is 17.4. The molecular weight excluding hydrogens is 373 g/mol. The molecule has 2 heterocycles. The van der Waals surface area contributed by atoms with Crippen LogP contribution in [-0.2, 0) is 9.59 Å². The molecule has 2 N–H and O–H groups in total. The minimum absolute atomic E-state index is 0. The Morgan fingerprint density at radius 3 is 2.73 bits per heavy atom. The van der Waals surface area contributed by atoms with E-state index in [0.29, 0.717) is 18.0 Å². The van der Waals surface area contributed by atoms with Crippen LogP contribution in [0.15, 0.2) is 24.3 Å². The van der Waals surface area contributed by atoms with Crippen LogP contribution >= 0.6 is 24.0 Å². The van der Waals surface area contributed by atoms with E-state index >= 15 is 0 Å². The third-order valence-corrected chi connectivity index (χ3v) is 6.32. The van der Waals surface area contributed by atoms with Crippen LogP contribution in [0, 0.1) is 11.3 Å². The van der Waals surface area contributed by atoms with E-state index in [1.54, 1.807) is 11.0 Å². The predicted molar refractivity (Wildman–Crippen MR) is 105 cm³/mol. The molecule has 4 rings (SSSR count). The maximum Gasteiger partial charge on any atom is 0.249 e. The molecule has 0 aromatic heterocycles. The number of carbonyl (C=O) groups excluding carboxylic acids is 2. The van der Waals surface area contributed by atoms with Crippen molar-refractivity contribution in [2.24, 2.45) is 11.3 Å². The summed E-state index contributed by atoms with van der Waals surface area (Å²) < 4.78 is 0. The van der Waals surface area contributed by atoms with Crippen molar-refractivity contribution in [3.63, 3.8) is 0 Å². The number of amides is 2. The van der Waals surface area contributed by atoms with E-state index in [0.717, 1.165) is 44.5 Å². The highest BCUT2D eigenvalue weighted by Gasteiger charge is 2.58. The van der Waals surface area contributed by atoms with E-state index in [4.69, 9.17) is 11.6 Å². The lowest BCUT2D eigenvalue weighted by atomic mass is 9.91. The highest BCUT2D eigenvalue weighted by molar-refractivity contribution is 6.33. The lowest BCUT2D eigenvalue weighted by Gasteiger charge is -2.33. The summed E-state index contributed by atoms with van der Waals surface area (Å²) in [5.41, 5.74) is 0.921. The van der Waals surface area contributed by atoms with Gasteiger partial charge in [-0.25, -0.2) is 0 Å². The topological polar surface area (TPSA) is 61.4 Å². The van der Waals surface area contributed by atoms with Crippen molar-refractivity contribution in [1.82, 2.24) is 10.6 Å². The average molecular weight is 398 g/mol.